The first-order chi connectivity index (χ1) is 18.2. The Morgan fingerprint density at radius 3 is 2.51 bits per heavy atom. The van der Waals surface area contributed by atoms with Gasteiger partial charge in [-0.05, 0) is 30.7 Å². The maximum absolute atomic E-state index is 12.8. The highest BCUT2D eigenvalue weighted by molar-refractivity contribution is 6.35. The first-order valence-corrected chi connectivity index (χ1v) is 12.0. The van der Waals surface area contributed by atoms with E-state index in [4.69, 9.17) is 5.10 Å². The number of aliphatic hydroxyl groups is 1. The van der Waals surface area contributed by atoms with E-state index in [9.17, 15) is 14.7 Å². The van der Waals surface area contributed by atoms with E-state index in [0.29, 0.717) is 30.5 Å². The topological polar surface area (TPSA) is 106 Å². The number of aryl methyl sites for hydroxylation is 1. The van der Waals surface area contributed by atoms with Crippen LogP contribution in [0, 0.1) is 0 Å². The Balaban J connectivity index is 1.65. The molecular weight excluding hydrogens is 466 g/mol. The number of hydrogen-bond donors (Lipinski definition) is 2. The van der Waals surface area contributed by atoms with Crippen LogP contribution in [0.2, 0.25) is 0 Å². The Morgan fingerprint density at radius 2 is 1.76 bits per heavy atom. The molecule has 182 valence electrons. The highest BCUT2D eigenvalue weighted by Crippen LogP contribution is 2.42. The summed E-state index contributed by atoms with van der Waals surface area (Å²) < 4.78 is 3.90. The SMILES string of the molecule is O=CC(=O)c1[nH]cc(-c2nn(CCCO)c3ccccc23)c1-c1cn(-c2cccnc2)c2ccccc12. The molecule has 6 aromatic rings. The highest BCUT2D eigenvalue weighted by Gasteiger charge is 2.26. The van der Waals surface area contributed by atoms with E-state index in [2.05, 4.69) is 9.97 Å². The average molecular weight is 490 g/mol. The van der Waals surface area contributed by atoms with Crippen molar-refractivity contribution in [3.63, 3.8) is 0 Å². The lowest BCUT2D eigenvalue weighted by atomic mass is 9.96. The summed E-state index contributed by atoms with van der Waals surface area (Å²) in [5.41, 5.74) is 5.81. The van der Waals surface area contributed by atoms with Gasteiger partial charge in [0, 0.05) is 59.2 Å². The monoisotopic (exact) mass is 489 g/mol. The summed E-state index contributed by atoms with van der Waals surface area (Å²) in [5, 5.41) is 16.1. The number of H-pyrrole nitrogens is 1. The van der Waals surface area contributed by atoms with E-state index < -0.39 is 5.78 Å². The predicted molar refractivity (Wildman–Crippen MR) is 142 cm³/mol. The minimum absolute atomic E-state index is 0.0603. The molecule has 4 heterocycles. The normalized spacial score (nSPS) is 11.4. The quantitative estimate of drug-likeness (QED) is 0.181. The number of Topliss-reactive ketones (excluding diaryl/α,β-unsaturated/α-hetero) is 1. The molecule has 2 N–H and O–H groups in total. The number of nitrogens with one attached hydrogen (secondary N) is 1. The zero-order chi connectivity index (χ0) is 25.4. The number of carbonyl (C=O) groups excluding carboxylic acids is 2. The third-order valence-electron chi connectivity index (χ3n) is 6.58. The molecule has 4 aromatic heterocycles. The van der Waals surface area contributed by atoms with E-state index in [0.717, 1.165) is 38.6 Å². The third kappa shape index (κ3) is 3.75. The van der Waals surface area contributed by atoms with Crippen molar-refractivity contribution in [2.75, 3.05) is 6.61 Å². The minimum Gasteiger partial charge on any atom is -0.396 e. The molecule has 0 saturated carbocycles. The van der Waals surface area contributed by atoms with Gasteiger partial charge < -0.3 is 14.7 Å². The largest absolute Gasteiger partial charge is 0.396 e. The summed E-state index contributed by atoms with van der Waals surface area (Å²) in [6.45, 7) is 0.613. The Labute approximate surface area is 211 Å². The number of aliphatic hydroxyl groups excluding tert-OH is 1. The first kappa shape index (κ1) is 22.6. The van der Waals surface area contributed by atoms with Crippen LogP contribution in [0.15, 0.2) is 85.5 Å². The summed E-state index contributed by atoms with van der Waals surface area (Å²) in [6.07, 6.45) is 8.12. The number of carbonyl (C=O) groups is 2. The van der Waals surface area contributed by atoms with Crippen LogP contribution < -0.4 is 0 Å². The zero-order valence-corrected chi connectivity index (χ0v) is 19.8. The molecule has 0 aliphatic rings. The van der Waals surface area contributed by atoms with Gasteiger partial charge in [0.25, 0.3) is 0 Å². The average Bonchev–Trinajstić information content (AvgIpc) is 3.65. The molecule has 6 rings (SSSR count). The minimum atomic E-state index is -0.636. The number of benzene rings is 2. The predicted octanol–water partition coefficient (Wildman–Crippen LogP) is 4.80. The molecule has 0 aliphatic heterocycles. The number of rotatable bonds is 8. The molecule has 0 spiro atoms. The van der Waals surface area contributed by atoms with Crippen molar-refractivity contribution in [1.29, 1.82) is 0 Å². The molecule has 0 saturated heterocycles. The van der Waals surface area contributed by atoms with Gasteiger partial charge in [-0.15, -0.1) is 0 Å². The first-order valence-electron chi connectivity index (χ1n) is 12.0. The fourth-order valence-corrected chi connectivity index (χ4v) is 4.95. The number of para-hydroxylation sites is 2. The summed E-state index contributed by atoms with van der Waals surface area (Å²) in [4.78, 5) is 31.8. The van der Waals surface area contributed by atoms with Crippen molar-refractivity contribution < 1.29 is 14.7 Å². The molecule has 0 aliphatic carbocycles. The van der Waals surface area contributed by atoms with Crippen LogP contribution in [0.25, 0.3) is 49.9 Å². The third-order valence-corrected chi connectivity index (χ3v) is 6.58. The van der Waals surface area contributed by atoms with Crippen molar-refractivity contribution in [2.45, 2.75) is 13.0 Å². The summed E-state index contributed by atoms with van der Waals surface area (Å²) in [5.74, 6) is -0.636. The molecule has 2 aromatic carbocycles. The van der Waals surface area contributed by atoms with Gasteiger partial charge in [0.1, 0.15) is 5.69 Å². The second-order valence-corrected chi connectivity index (χ2v) is 8.74. The number of aldehydes is 1. The zero-order valence-electron chi connectivity index (χ0n) is 19.8. The van der Waals surface area contributed by atoms with Crippen LogP contribution in [0.4, 0.5) is 0 Å². The molecule has 0 radical (unpaired) electrons. The van der Waals surface area contributed by atoms with Crippen molar-refractivity contribution in [2.24, 2.45) is 0 Å². The van der Waals surface area contributed by atoms with Crippen LogP contribution in [0.3, 0.4) is 0 Å². The fourth-order valence-electron chi connectivity index (χ4n) is 4.95. The number of aromatic amines is 1. The van der Waals surface area contributed by atoms with Crippen molar-refractivity contribution in [3.8, 4) is 28.1 Å². The van der Waals surface area contributed by atoms with Gasteiger partial charge in [0.05, 0.1) is 28.6 Å². The second-order valence-electron chi connectivity index (χ2n) is 8.74. The lowest BCUT2D eigenvalue weighted by molar-refractivity contribution is -0.104. The lowest BCUT2D eigenvalue weighted by Crippen LogP contribution is -2.03. The summed E-state index contributed by atoms with van der Waals surface area (Å²) in [6, 6.07) is 19.6. The molecule has 37 heavy (non-hydrogen) atoms. The molecule has 8 nitrogen and oxygen atoms in total. The molecular formula is C29H23N5O3. The van der Waals surface area contributed by atoms with Gasteiger partial charge in [0.15, 0.2) is 6.29 Å². The number of hydrogen-bond acceptors (Lipinski definition) is 5. The van der Waals surface area contributed by atoms with E-state index in [1.807, 2.05) is 76.1 Å². The van der Waals surface area contributed by atoms with Crippen LogP contribution in [-0.4, -0.2) is 48.1 Å². The number of fused-ring (bicyclic) bond motifs is 2. The molecule has 0 unspecified atom stereocenters. The smallest absolute Gasteiger partial charge is 0.242 e. The number of nitrogens with zero attached hydrogens (tertiary/aromatic N) is 4. The van der Waals surface area contributed by atoms with E-state index >= 15 is 0 Å². The maximum Gasteiger partial charge on any atom is 0.242 e. The van der Waals surface area contributed by atoms with Crippen LogP contribution in [-0.2, 0) is 11.3 Å². The Kier molecular flexibility index (Phi) is 5.71. The highest BCUT2D eigenvalue weighted by atomic mass is 16.3. The van der Waals surface area contributed by atoms with Crippen molar-refractivity contribution >= 4 is 33.9 Å². The lowest BCUT2D eigenvalue weighted by Gasteiger charge is -2.05. The standard InChI is InChI=1S/C29H23N5O3/c35-14-6-13-34-25-11-4-2-9-21(25)28(32-34)22-16-31-29(26(37)18-36)27(22)23-17-33(19-7-5-12-30-15-19)24-10-3-1-8-20(23)24/h1-5,7-12,15-18,31,35H,6,13-14H2. The van der Waals surface area contributed by atoms with E-state index in [1.54, 1.807) is 18.6 Å². The van der Waals surface area contributed by atoms with Gasteiger partial charge in [-0.1, -0.05) is 36.4 Å². The Bertz CT molecular complexity index is 1760. The second kappa shape index (κ2) is 9.33. The van der Waals surface area contributed by atoms with Crippen LogP contribution in [0.5, 0.6) is 0 Å². The maximum atomic E-state index is 12.8. The van der Waals surface area contributed by atoms with Crippen molar-refractivity contribution in [3.05, 3.63) is 91.1 Å². The number of pyridine rings is 1. The van der Waals surface area contributed by atoms with Gasteiger partial charge in [-0.2, -0.15) is 5.10 Å². The Hall–Kier alpha value is -4.82. The van der Waals surface area contributed by atoms with Gasteiger partial charge in [-0.3, -0.25) is 19.3 Å². The van der Waals surface area contributed by atoms with Gasteiger partial charge in [-0.25, -0.2) is 0 Å². The van der Waals surface area contributed by atoms with Crippen LogP contribution in [0.1, 0.15) is 16.9 Å². The summed E-state index contributed by atoms with van der Waals surface area (Å²) >= 11 is 0. The number of ketones is 1. The molecule has 8 heteroatoms. The molecule has 0 fully saturated rings. The van der Waals surface area contributed by atoms with E-state index in [1.165, 1.54) is 0 Å². The molecule has 0 bridgehead atoms. The molecule has 0 amide bonds. The number of aromatic nitrogens is 5. The van der Waals surface area contributed by atoms with Gasteiger partial charge >= 0.3 is 0 Å². The molecule has 0 atom stereocenters. The van der Waals surface area contributed by atoms with Crippen molar-refractivity contribution in [1.82, 2.24) is 24.3 Å². The Morgan fingerprint density at radius 1 is 0.973 bits per heavy atom. The fraction of sp³-hybridized carbons (Fsp3) is 0.103. The summed E-state index contributed by atoms with van der Waals surface area (Å²) in [7, 11) is 0. The van der Waals surface area contributed by atoms with E-state index in [-0.39, 0.29) is 12.3 Å². The van der Waals surface area contributed by atoms with Crippen LogP contribution >= 0.6 is 0 Å². The van der Waals surface area contributed by atoms with Gasteiger partial charge in [0.2, 0.25) is 5.78 Å².